The maximum atomic E-state index is 12.6. The fraction of sp³-hybridized carbons (Fsp3) is 0.222. The van der Waals surface area contributed by atoms with E-state index in [4.69, 9.17) is 4.74 Å². The van der Waals surface area contributed by atoms with Crippen molar-refractivity contribution in [1.82, 2.24) is 19.5 Å². The van der Waals surface area contributed by atoms with Gasteiger partial charge in [-0.15, -0.1) is 0 Å². The summed E-state index contributed by atoms with van der Waals surface area (Å²) < 4.78 is 34.6. The van der Waals surface area contributed by atoms with E-state index in [-0.39, 0.29) is 11.4 Å². The normalized spacial score (nSPS) is 11.5. The Labute approximate surface area is 152 Å². The minimum absolute atomic E-state index is 0.137. The van der Waals surface area contributed by atoms with Crippen molar-refractivity contribution < 1.29 is 13.2 Å². The lowest BCUT2D eigenvalue weighted by atomic mass is 10.2. The molecule has 0 saturated heterocycles. The molecule has 0 amide bonds. The van der Waals surface area contributed by atoms with Gasteiger partial charge in [0.1, 0.15) is 10.6 Å². The van der Waals surface area contributed by atoms with Gasteiger partial charge in [0.15, 0.2) is 0 Å². The van der Waals surface area contributed by atoms with Crippen molar-refractivity contribution in [3.63, 3.8) is 0 Å². The molecule has 1 N–H and O–H groups in total. The van der Waals surface area contributed by atoms with Crippen molar-refractivity contribution in [2.45, 2.75) is 18.4 Å². The van der Waals surface area contributed by atoms with Crippen LogP contribution in [0, 0.1) is 6.92 Å². The summed E-state index contributed by atoms with van der Waals surface area (Å²) in [5.74, 6) is 0.321. The van der Waals surface area contributed by atoms with Crippen LogP contribution in [0.5, 0.6) is 5.75 Å². The van der Waals surface area contributed by atoms with Crippen LogP contribution in [0.3, 0.4) is 0 Å². The van der Waals surface area contributed by atoms with Crippen LogP contribution in [-0.2, 0) is 16.6 Å². The fourth-order valence-corrected chi connectivity index (χ4v) is 3.80. The average Bonchev–Trinajstić information content (AvgIpc) is 3.11. The maximum Gasteiger partial charge on any atom is 0.244 e. The zero-order chi connectivity index (χ0) is 18.6. The van der Waals surface area contributed by atoms with Crippen molar-refractivity contribution in [1.29, 1.82) is 0 Å². The first kappa shape index (κ1) is 18.1. The largest absolute Gasteiger partial charge is 0.495 e. The highest BCUT2D eigenvalue weighted by Gasteiger charge is 2.19. The molecule has 0 fully saturated rings. The van der Waals surface area contributed by atoms with Crippen LogP contribution in [0.25, 0.3) is 11.3 Å². The summed E-state index contributed by atoms with van der Waals surface area (Å²) in [6.07, 6.45) is 5.23. The van der Waals surface area contributed by atoms with E-state index in [1.165, 1.54) is 7.11 Å². The smallest absolute Gasteiger partial charge is 0.244 e. The molecule has 0 spiro atoms. The van der Waals surface area contributed by atoms with Crippen LogP contribution >= 0.6 is 0 Å². The van der Waals surface area contributed by atoms with Crippen molar-refractivity contribution in [2.24, 2.45) is 0 Å². The molecule has 1 aromatic carbocycles. The van der Waals surface area contributed by atoms with E-state index in [0.29, 0.717) is 12.3 Å². The van der Waals surface area contributed by atoms with E-state index in [2.05, 4.69) is 14.8 Å². The van der Waals surface area contributed by atoms with Gasteiger partial charge >= 0.3 is 0 Å². The molecule has 0 aliphatic rings. The number of methoxy groups -OCH3 is 1. The van der Waals surface area contributed by atoms with Gasteiger partial charge in [0, 0.05) is 30.7 Å². The molecule has 0 unspecified atom stereocenters. The minimum atomic E-state index is -3.67. The second-order valence-corrected chi connectivity index (χ2v) is 7.49. The van der Waals surface area contributed by atoms with Crippen molar-refractivity contribution in [3.8, 4) is 17.0 Å². The SMILES string of the molecule is COc1ccc(C)cc1S(=O)(=O)NCCn1ccc(-c2ccncc2)n1. The first-order chi connectivity index (χ1) is 12.5. The summed E-state index contributed by atoms with van der Waals surface area (Å²) in [6, 6.07) is 10.7. The predicted octanol–water partition coefficient (Wildman–Crippen LogP) is 2.24. The molecular weight excluding hydrogens is 352 g/mol. The topological polar surface area (TPSA) is 86.1 Å². The summed E-state index contributed by atoms with van der Waals surface area (Å²) in [7, 11) is -2.21. The molecule has 3 rings (SSSR count). The zero-order valence-corrected chi connectivity index (χ0v) is 15.4. The molecule has 136 valence electrons. The highest BCUT2D eigenvalue weighted by molar-refractivity contribution is 7.89. The number of benzene rings is 1. The van der Waals surface area contributed by atoms with Gasteiger partial charge in [0.25, 0.3) is 0 Å². The Bertz CT molecular complexity index is 985. The third-order valence-electron chi connectivity index (χ3n) is 3.86. The lowest BCUT2D eigenvalue weighted by molar-refractivity contribution is 0.402. The van der Waals surface area contributed by atoms with Gasteiger partial charge in [0.05, 0.1) is 19.3 Å². The number of nitrogens with one attached hydrogen (secondary N) is 1. The second-order valence-electron chi connectivity index (χ2n) is 5.75. The molecule has 2 heterocycles. The highest BCUT2D eigenvalue weighted by atomic mass is 32.2. The van der Waals surface area contributed by atoms with Crippen LogP contribution < -0.4 is 9.46 Å². The van der Waals surface area contributed by atoms with Crippen molar-refractivity contribution in [3.05, 3.63) is 60.6 Å². The van der Waals surface area contributed by atoms with E-state index in [0.717, 1.165) is 16.8 Å². The molecule has 0 aliphatic heterocycles. The maximum absolute atomic E-state index is 12.6. The zero-order valence-electron chi connectivity index (χ0n) is 14.6. The molecule has 26 heavy (non-hydrogen) atoms. The summed E-state index contributed by atoms with van der Waals surface area (Å²) in [4.78, 5) is 4.12. The van der Waals surface area contributed by atoms with Gasteiger partial charge < -0.3 is 4.74 Å². The predicted molar refractivity (Wildman–Crippen MR) is 98.4 cm³/mol. The van der Waals surface area contributed by atoms with Gasteiger partial charge in [-0.2, -0.15) is 5.10 Å². The van der Waals surface area contributed by atoms with Gasteiger partial charge in [-0.05, 0) is 42.8 Å². The quantitative estimate of drug-likeness (QED) is 0.687. The van der Waals surface area contributed by atoms with Gasteiger partial charge in [0.2, 0.25) is 10.0 Å². The fourth-order valence-electron chi connectivity index (χ4n) is 2.53. The number of rotatable bonds is 7. The average molecular weight is 372 g/mol. The number of aromatic nitrogens is 3. The van der Waals surface area contributed by atoms with Gasteiger partial charge in [-0.3, -0.25) is 9.67 Å². The molecule has 2 aromatic heterocycles. The van der Waals surface area contributed by atoms with E-state index >= 15 is 0 Å². The first-order valence-corrected chi connectivity index (χ1v) is 9.56. The number of hydrogen-bond donors (Lipinski definition) is 1. The molecule has 0 saturated carbocycles. The van der Waals surface area contributed by atoms with Crippen molar-refractivity contribution in [2.75, 3.05) is 13.7 Å². The summed E-state index contributed by atoms with van der Waals surface area (Å²) in [6.45, 7) is 2.47. The second kappa shape index (κ2) is 7.67. The number of nitrogens with zero attached hydrogens (tertiary/aromatic N) is 3. The van der Waals surface area contributed by atoms with E-state index < -0.39 is 10.0 Å². The molecule has 3 aromatic rings. The number of aryl methyl sites for hydroxylation is 1. The van der Waals surface area contributed by atoms with E-state index in [1.54, 1.807) is 29.2 Å². The Morgan fingerprint density at radius 1 is 1.15 bits per heavy atom. The Balaban J connectivity index is 1.66. The first-order valence-electron chi connectivity index (χ1n) is 8.08. The lowest BCUT2D eigenvalue weighted by Crippen LogP contribution is -2.28. The number of sulfonamides is 1. The molecule has 0 aliphatic carbocycles. The summed E-state index contributed by atoms with van der Waals surface area (Å²) in [5.41, 5.74) is 2.62. The monoisotopic (exact) mass is 372 g/mol. The van der Waals surface area contributed by atoms with Gasteiger partial charge in [-0.1, -0.05) is 6.07 Å². The van der Waals surface area contributed by atoms with E-state index in [9.17, 15) is 8.42 Å². The molecule has 0 bridgehead atoms. The highest BCUT2D eigenvalue weighted by Crippen LogP contribution is 2.24. The number of ether oxygens (including phenoxy) is 1. The number of pyridine rings is 1. The summed E-state index contributed by atoms with van der Waals surface area (Å²) in [5, 5.41) is 4.45. The Hall–Kier alpha value is -2.71. The molecule has 0 atom stereocenters. The van der Waals surface area contributed by atoms with Crippen LogP contribution in [0.4, 0.5) is 0 Å². The van der Waals surface area contributed by atoms with Crippen LogP contribution in [-0.4, -0.2) is 36.8 Å². The van der Waals surface area contributed by atoms with Gasteiger partial charge in [-0.25, -0.2) is 13.1 Å². The Kier molecular flexibility index (Phi) is 5.34. The molecular formula is C18H20N4O3S. The number of hydrogen-bond acceptors (Lipinski definition) is 5. The van der Waals surface area contributed by atoms with E-state index in [1.807, 2.05) is 37.4 Å². The minimum Gasteiger partial charge on any atom is -0.495 e. The van der Waals surface area contributed by atoms with Crippen LogP contribution in [0.2, 0.25) is 0 Å². The molecule has 0 radical (unpaired) electrons. The lowest BCUT2D eigenvalue weighted by Gasteiger charge is -2.11. The third kappa shape index (κ3) is 4.09. The standard InChI is InChI=1S/C18H20N4O3S/c1-14-3-4-17(25-2)18(13-14)26(23,24)20-10-12-22-11-7-16(21-22)15-5-8-19-9-6-15/h3-9,11,13,20H,10,12H2,1-2H3. The van der Waals surface area contributed by atoms with Crippen LogP contribution in [0.15, 0.2) is 59.9 Å². The molecule has 7 nitrogen and oxygen atoms in total. The van der Waals surface area contributed by atoms with Crippen molar-refractivity contribution >= 4 is 10.0 Å². The third-order valence-corrected chi connectivity index (χ3v) is 5.34. The Morgan fingerprint density at radius 3 is 2.65 bits per heavy atom. The Morgan fingerprint density at radius 2 is 1.92 bits per heavy atom. The molecule has 8 heteroatoms. The van der Waals surface area contributed by atoms with Crippen LogP contribution in [0.1, 0.15) is 5.56 Å². The summed E-state index contributed by atoms with van der Waals surface area (Å²) >= 11 is 0.